The predicted octanol–water partition coefficient (Wildman–Crippen LogP) is 2.12. The fourth-order valence-electron chi connectivity index (χ4n) is 2.33. The molecule has 112 valence electrons. The van der Waals surface area contributed by atoms with E-state index >= 15 is 0 Å². The summed E-state index contributed by atoms with van der Waals surface area (Å²) in [7, 11) is 0.357. The molecule has 0 radical (unpaired) electrons. The third-order valence-electron chi connectivity index (χ3n) is 3.49. The Bertz CT molecular complexity index is 596. The Morgan fingerprint density at radius 2 is 2.00 bits per heavy atom. The van der Waals surface area contributed by atoms with E-state index in [0.29, 0.717) is 17.6 Å². The minimum atomic E-state index is -3.57. The quantitative estimate of drug-likeness (QED) is 0.751. The van der Waals surface area contributed by atoms with Crippen molar-refractivity contribution in [2.45, 2.75) is 17.4 Å². The lowest BCUT2D eigenvalue weighted by Crippen LogP contribution is -2.34. The molecule has 0 saturated carbocycles. The standard InChI is InChI=1S/C12H17Br2N3O2S/c1-16(2)9-3-4-17(7-9)20(18,19)12-10(14)5-8(13)6-11(12)15/h5-6,9H,3-4,7,15H2,1-2H3. The van der Waals surface area contributed by atoms with Gasteiger partial charge in [-0.2, -0.15) is 4.31 Å². The molecule has 1 fully saturated rings. The maximum atomic E-state index is 12.7. The Balaban J connectivity index is 2.38. The highest BCUT2D eigenvalue weighted by molar-refractivity contribution is 9.11. The van der Waals surface area contributed by atoms with Crippen LogP contribution in [0.15, 0.2) is 26.0 Å². The Labute approximate surface area is 136 Å². The minimum Gasteiger partial charge on any atom is -0.398 e. The van der Waals surface area contributed by atoms with Gasteiger partial charge in [0.15, 0.2) is 0 Å². The zero-order valence-electron chi connectivity index (χ0n) is 11.3. The number of benzene rings is 1. The molecule has 1 unspecified atom stereocenters. The van der Waals surface area contributed by atoms with E-state index in [0.717, 1.165) is 10.9 Å². The molecule has 2 rings (SSSR count). The van der Waals surface area contributed by atoms with Crippen LogP contribution in [-0.2, 0) is 10.0 Å². The molecule has 20 heavy (non-hydrogen) atoms. The Kier molecular flexibility index (Phi) is 4.80. The number of hydrogen-bond acceptors (Lipinski definition) is 4. The first-order valence-electron chi connectivity index (χ1n) is 6.14. The van der Waals surface area contributed by atoms with Crippen molar-refractivity contribution in [3.63, 3.8) is 0 Å². The van der Waals surface area contributed by atoms with Crippen molar-refractivity contribution in [2.24, 2.45) is 0 Å². The third kappa shape index (κ3) is 3.04. The second-order valence-electron chi connectivity index (χ2n) is 5.08. The fraction of sp³-hybridized carbons (Fsp3) is 0.500. The fourth-order valence-corrected chi connectivity index (χ4v) is 5.84. The molecular formula is C12H17Br2N3O2S. The highest BCUT2D eigenvalue weighted by Crippen LogP contribution is 2.35. The van der Waals surface area contributed by atoms with Gasteiger partial charge in [-0.05, 0) is 48.6 Å². The van der Waals surface area contributed by atoms with Crippen LogP contribution in [0, 0.1) is 0 Å². The first kappa shape index (κ1) is 16.2. The molecule has 1 heterocycles. The predicted molar refractivity (Wildman–Crippen MR) is 87.1 cm³/mol. The molecule has 1 saturated heterocycles. The van der Waals surface area contributed by atoms with E-state index in [1.807, 2.05) is 14.1 Å². The molecule has 1 aliphatic heterocycles. The Morgan fingerprint density at radius 1 is 1.35 bits per heavy atom. The van der Waals surface area contributed by atoms with Crippen LogP contribution in [0.1, 0.15) is 6.42 Å². The van der Waals surface area contributed by atoms with E-state index in [2.05, 4.69) is 36.8 Å². The van der Waals surface area contributed by atoms with Crippen molar-refractivity contribution in [1.82, 2.24) is 9.21 Å². The van der Waals surface area contributed by atoms with Crippen LogP contribution in [0.3, 0.4) is 0 Å². The van der Waals surface area contributed by atoms with Crippen molar-refractivity contribution < 1.29 is 8.42 Å². The Hall–Kier alpha value is -0.150. The largest absolute Gasteiger partial charge is 0.398 e. The van der Waals surface area contributed by atoms with Crippen molar-refractivity contribution in [2.75, 3.05) is 32.9 Å². The smallest absolute Gasteiger partial charge is 0.246 e. The van der Waals surface area contributed by atoms with Crippen molar-refractivity contribution in [1.29, 1.82) is 0 Å². The maximum Gasteiger partial charge on any atom is 0.246 e. The average Bonchev–Trinajstić information content (AvgIpc) is 2.76. The topological polar surface area (TPSA) is 66.6 Å². The second kappa shape index (κ2) is 5.92. The number of hydrogen-bond donors (Lipinski definition) is 1. The van der Waals surface area contributed by atoms with Gasteiger partial charge in [0.1, 0.15) is 4.90 Å². The SMILES string of the molecule is CN(C)C1CCN(S(=O)(=O)c2c(N)cc(Br)cc2Br)C1. The van der Waals surface area contributed by atoms with Gasteiger partial charge in [-0.15, -0.1) is 0 Å². The van der Waals surface area contributed by atoms with Crippen LogP contribution in [0.2, 0.25) is 0 Å². The molecule has 2 N–H and O–H groups in total. The summed E-state index contributed by atoms with van der Waals surface area (Å²) in [5, 5.41) is 0. The molecule has 8 heteroatoms. The zero-order chi connectivity index (χ0) is 15.1. The monoisotopic (exact) mass is 425 g/mol. The van der Waals surface area contributed by atoms with E-state index < -0.39 is 10.0 Å². The van der Waals surface area contributed by atoms with Crippen molar-refractivity contribution in [3.8, 4) is 0 Å². The minimum absolute atomic E-state index is 0.153. The highest BCUT2D eigenvalue weighted by atomic mass is 79.9. The summed E-state index contributed by atoms with van der Waals surface area (Å²) in [6.45, 7) is 1.02. The Morgan fingerprint density at radius 3 is 2.50 bits per heavy atom. The molecular weight excluding hydrogens is 410 g/mol. The molecule has 1 aromatic rings. The van der Waals surface area contributed by atoms with Gasteiger partial charge in [0.05, 0.1) is 5.69 Å². The number of anilines is 1. The number of rotatable bonds is 3. The lowest BCUT2D eigenvalue weighted by molar-refractivity contribution is 0.302. The van der Waals surface area contributed by atoms with Gasteiger partial charge in [-0.3, -0.25) is 0 Å². The van der Waals surface area contributed by atoms with Gasteiger partial charge in [-0.1, -0.05) is 15.9 Å². The average molecular weight is 427 g/mol. The van der Waals surface area contributed by atoms with E-state index in [-0.39, 0.29) is 16.6 Å². The summed E-state index contributed by atoms with van der Waals surface area (Å²) in [6, 6.07) is 3.56. The van der Waals surface area contributed by atoms with Gasteiger partial charge >= 0.3 is 0 Å². The van der Waals surface area contributed by atoms with Crippen molar-refractivity contribution in [3.05, 3.63) is 21.1 Å². The van der Waals surface area contributed by atoms with Gasteiger partial charge in [0.2, 0.25) is 10.0 Å². The second-order valence-corrected chi connectivity index (χ2v) is 8.72. The van der Waals surface area contributed by atoms with E-state index in [9.17, 15) is 8.42 Å². The summed E-state index contributed by atoms with van der Waals surface area (Å²) >= 11 is 6.60. The summed E-state index contributed by atoms with van der Waals surface area (Å²) in [4.78, 5) is 2.20. The molecule has 0 amide bonds. The molecule has 1 aliphatic rings. The highest BCUT2D eigenvalue weighted by Gasteiger charge is 2.35. The van der Waals surface area contributed by atoms with Crippen LogP contribution in [0.5, 0.6) is 0 Å². The first-order chi connectivity index (χ1) is 9.23. The summed E-state index contributed by atoms with van der Waals surface area (Å²) < 4.78 is 28.2. The van der Waals surface area contributed by atoms with Gasteiger partial charge < -0.3 is 10.6 Å². The molecule has 1 aromatic carbocycles. The van der Waals surface area contributed by atoms with Gasteiger partial charge in [0, 0.05) is 28.1 Å². The number of nitrogens with two attached hydrogens (primary N) is 1. The van der Waals surface area contributed by atoms with E-state index in [1.54, 1.807) is 12.1 Å². The number of halogens is 2. The van der Waals surface area contributed by atoms with Crippen LogP contribution < -0.4 is 5.73 Å². The summed E-state index contributed by atoms with van der Waals surface area (Å²) in [5.41, 5.74) is 6.14. The van der Waals surface area contributed by atoms with Crippen LogP contribution in [0.25, 0.3) is 0 Å². The normalized spacial score (nSPS) is 20.8. The van der Waals surface area contributed by atoms with E-state index in [4.69, 9.17) is 5.73 Å². The van der Waals surface area contributed by atoms with Crippen LogP contribution in [0.4, 0.5) is 5.69 Å². The molecule has 1 atom stereocenters. The van der Waals surface area contributed by atoms with Gasteiger partial charge in [0.25, 0.3) is 0 Å². The number of nitrogen functional groups attached to an aromatic ring is 1. The lowest BCUT2D eigenvalue weighted by atomic mass is 10.2. The maximum absolute atomic E-state index is 12.7. The summed E-state index contributed by atoms with van der Waals surface area (Å²) in [5.74, 6) is 0. The molecule has 0 spiro atoms. The molecule has 5 nitrogen and oxygen atoms in total. The van der Waals surface area contributed by atoms with Crippen LogP contribution >= 0.6 is 31.9 Å². The third-order valence-corrected chi connectivity index (χ3v) is 6.82. The first-order valence-corrected chi connectivity index (χ1v) is 9.17. The van der Waals surface area contributed by atoms with Crippen LogP contribution in [-0.4, -0.2) is 50.8 Å². The number of nitrogens with zero attached hydrogens (tertiary/aromatic N) is 2. The molecule has 0 aromatic heterocycles. The van der Waals surface area contributed by atoms with E-state index in [1.165, 1.54) is 4.31 Å². The van der Waals surface area contributed by atoms with Gasteiger partial charge in [-0.25, -0.2) is 8.42 Å². The lowest BCUT2D eigenvalue weighted by Gasteiger charge is -2.21. The molecule has 0 bridgehead atoms. The number of likely N-dealkylation sites (N-methyl/N-ethyl adjacent to an activating group) is 1. The summed E-state index contributed by atoms with van der Waals surface area (Å²) in [6.07, 6.45) is 0.834. The van der Waals surface area contributed by atoms with Crippen molar-refractivity contribution >= 4 is 47.6 Å². The number of sulfonamides is 1. The molecule has 0 aliphatic carbocycles. The zero-order valence-corrected chi connectivity index (χ0v) is 15.3.